The lowest BCUT2D eigenvalue weighted by Gasteiger charge is -2.39. The largest absolute Gasteiger partial charge is 0.137 e. The Morgan fingerprint density at radius 3 is 1.09 bits per heavy atom. The molecule has 0 fully saturated rings. The van der Waals surface area contributed by atoms with E-state index in [4.69, 9.17) is 0 Å². The Kier molecular flexibility index (Phi) is 3.92. The van der Waals surface area contributed by atoms with Crippen molar-refractivity contribution in [2.24, 2.45) is 0 Å². The predicted octanol–water partition coefficient (Wildman–Crippen LogP) is 4.34. The van der Waals surface area contributed by atoms with Crippen LogP contribution in [0.15, 0.2) is 0 Å². The standard InChI is InChI=1S/C9H21PS/c1-8(2,3)10(11-7)9(4,5)6/h1-7H3. The fraction of sp³-hybridized carbons (Fsp3) is 1.00. The van der Waals surface area contributed by atoms with Crippen LogP contribution < -0.4 is 0 Å². The highest BCUT2D eigenvalue weighted by Crippen LogP contribution is 2.66. The van der Waals surface area contributed by atoms with Crippen LogP contribution in [0.3, 0.4) is 0 Å². The maximum Gasteiger partial charge on any atom is -0.00826 e. The second kappa shape index (κ2) is 3.66. The van der Waals surface area contributed by atoms with Crippen molar-refractivity contribution in [3.05, 3.63) is 0 Å². The Morgan fingerprint density at radius 2 is 1.09 bits per heavy atom. The van der Waals surface area contributed by atoms with Gasteiger partial charge in [0.15, 0.2) is 0 Å². The molecule has 11 heavy (non-hydrogen) atoms. The average Bonchev–Trinajstić information content (AvgIpc) is 1.56. The van der Waals surface area contributed by atoms with Gasteiger partial charge in [0.2, 0.25) is 0 Å². The van der Waals surface area contributed by atoms with Crippen LogP contribution in [-0.2, 0) is 0 Å². The molecule has 0 atom stereocenters. The topological polar surface area (TPSA) is 0 Å². The molecule has 0 aliphatic rings. The molecule has 0 N–H and O–H groups in total. The summed E-state index contributed by atoms with van der Waals surface area (Å²) >= 11 is 2.05. The zero-order chi connectivity index (χ0) is 9.28. The Labute approximate surface area is 77.0 Å². The van der Waals surface area contributed by atoms with Gasteiger partial charge in [-0.25, -0.2) is 0 Å². The first-order chi connectivity index (χ1) is 4.69. The van der Waals surface area contributed by atoms with E-state index in [2.05, 4.69) is 47.8 Å². The van der Waals surface area contributed by atoms with E-state index in [-0.39, 0.29) is 7.12 Å². The van der Waals surface area contributed by atoms with Gasteiger partial charge in [-0.15, -0.1) is 11.4 Å². The van der Waals surface area contributed by atoms with Crippen molar-refractivity contribution in [3.63, 3.8) is 0 Å². The predicted molar refractivity (Wildman–Crippen MR) is 59.9 cm³/mol. The van der Waals surface area contributed by atoms with Crippen molar-refractivity contribution in [1.29, 1.82) is 0 Å². The SMILES string of the molecule is CSP(C(C)(C)C)C(C)(C)C. The summed E-state index contributed by atoms with van der Waals surface area (Å²) in [7, 11) is 0.0761. The molecule has 0 saturated heterocycles. The summed E-state index contributed by atoms with van der Waals surface area (Å²) in [4.78, 5) is 0. The summed E-state index contributed by atoms with van der Waals surface area (Å²) in [5, 5.41) is 0.958. The van der Waals surface area contributed by atoms with Crippen LogP contribution in [0.25, 0.3) is 0 Å². The maximum atomic E-state index is 2.35. The molecule has 0 radical (unpaired) electrons. The van der Waals surface area contributed by atoms with Gasteiger partial charge in [-0.05, 0) is 23.7 Å². The minimum atomic E-state index is 0.0761. The Balaban J connectivity index is 4.43. The normalized spacial score (nSPS) is 14.2. The molecular weight excluding hydrogens is 171 g/mol. The van der Waals surface area contributed by atoms with Gasteiger partial charge in [0, 0.05) is 0 Å². The quantitative estimate of drug-likeness (QED) is 0.557. The second-order valence-electron chi connectivity index (χ2n) is 4.82. The molecule has 0 bridgehead atoms. The second-order valence-corrected chi connectivity index (χ2v) is 10.6. The third kappa shape index (κ3) is 3.80. The first kappa shape index (κ1) is 11.8. The fourth-order valence-electron chi connectivity index (χ4n) is 1.55. The zero-order valence-corrected chi connectivity index (χ0v) is 10.6. The molecule has 2 heteroatoms. The van der Waals surface area contributed by atoms with Gasteiger partial charge in [-0.3, -0.25) is 0 Å². The number of hydrogen-bond acceptors (Lipinski definition) is 1. The van der Waals surface area contributed by atoms with Gasteiger partial charge in [0.25, 0.3) is 0 Å². The van der Waals surface area contributed by atoms with Crippen molar-refractivity contribution >= 4 is 18.5 Å². The molecule has 0 nitrogen and oxygen atoms in total. The molecule has 0 amide bonds. The summed E-state index contributed by atoms with van der Waals surface area (Å²) in [6.07, 6.45) is 2.24. The van der Waals surface area contributed by atoms with Gasteiger partial charge < -0.3 is 0 Å². The van der Waals surface area contributed by atoms with E-state index in [0.29, 0.717) is 10.3 Å². The first-order valence-corrected chi connectivity index (χ1v) is 7.21. The molecule has 68 valence electrons. The molecule has 0 aromatic carbocycles. The third-order valence-electron chi connectivity index (χ3n) is 1.40. The molecule has 0 aliphatic heterocycles. The van der Waals surface area contributed by atoms with E-state index in [1.807, 2.05) is 11.4 Å². The van der Waals surface area contributed by atoms with Crippen LogP contribution in [0.4, 0.5) is 0 Å². The molecule has 0 spiro atoms. The van der Waals surface area contributed by atoms with E-state index >= 15 is 0 Å². The van der Waals surface area contributed by atoms with E-state index in [1.54, 1.807) is 0 Å². The van der Waals surface area contributed by atoms with E-state index < -0.39 is 0 Å². The van der Waals surface area contributed by atoms with Gasteiger partial charge in [0.05, 0.1) is 0 Å². The average molecular weight is 192 g/mol. The molecule has 0 unspecified atom stereocenters. The third-order valence-corrected chi connectivity index (χ3v) is 8.59. The van der Waals surface area contributed by atoms with E-state index in [1.165, 1.54) is 0 Å². The van der Waals surface area contributed by atoms with Gasteiger partial charge in [-0.2, -0.15) is 0 Å². The lowest BCUT2D eigenvalue weighted by Crippen LogP contribution is -2.22. The molecule has 0 heterocycles. The fourth-order valence-corrected chi connectivity index (χ4v) is 7.95. The molecule has 0 saturated carbocycles. The highest BCUT2D eigenvalue weighted by molar-refractivity contribution is 8.56. The highest BCUT2D eigenvalue weighted by Gasteiger charge is 2.33. The summed E-state index contributed by atoms with van der Waals surface area (Å²) in [5.41, 5.74) is 0. The van der Waals surface area contributed by atoms with Crippen molar-refractivity contribution in [3.8, 4) is 0 Å². The van der Waals surface area contributed by atoms with E-state index in [0.717, 1.165) is 0 Å². The monoisotopic (exact) mass is 192 g/mol. The number of rotatable bonds is 1. The molecule has 0 aliphatic carbocycles. The van der Waals surface area contributed by atoms with Crippen molar-refractivity contribution in [2.75, 3.05) is 6.26 Å². The Morgan fingerprint density at radius 1 is 0.818 bits per heavy atom. The van der Waals surface area contributed by atoms with Crippen molar-refractivity contribution in [2.45, 2.75) is 51.9 Å². The van der Waals surface area contributed by atoms with Gasteiger partial charge in [-0.1, -0.05) is 41.5 Å². The molecule has 0 rings (SSSR count). The summed E-state index contributed by atoms with van der Waals surface area (Å²) in [6, 6.07) is 0. The van der Waals surface area contributed by atoms with Crippen LogP contribution in [-0.4, -0.2) is 16.6 Å². The van der Waals surface area contributed by atoms with Gasteiger partial charge >= 0.3 is 0 Å². The molecule has 0 aromatic heterocycles. The van der Waals surface area contributed by atoms with Crippen LogP contribution >= 0.6 is 18.5 Å². The molecular formula is C9H21PS. The van der Waals surface area contributed by atoms with Crippen LogP contribution in [0.5, 0.6) is 0 Å². The molecule has 0 aromatic rings. The maximum absolute atomic E-state index is 2.35. The lowest BCUT2D eigenvalue weighted by atomic mass is 10.2. The Bertz CT molecular complexity index is 105. The minimum absolute atomic E-state index is 0.0761. The van der Waals surface area contributed by atoms with Crippen LogP contribution in [0.1, 0.15) is 41.5 Å². The van der Waals surface area contributed by atoms with Crippen molar-refractivity contribution < 1.29 is 0 Å². The highest BCUT2D eigenvalue weighted by atomic mass is 32.7. The summed E-state index contributed by atoms with van der Waals surface area (Å²) in [6.45, 7) is 14.1. The summed E-state index contributed by atoms with van der Waals surface area (Å²) < 4.78 is 0. The van der Waals surface area contributed by atoms with E-state index in [9.17, 15) is 0 Å². The van der Waals surface area contributed by atoms with Gasteiger partial charge in [0.1, 0.15) is 0 Å². The zero-order valence-electron chi connectivity index (χ0n) is 8.86. The van der Waals surface area contributed by atoms with Crippen LogP contribution in [0, 0.1) is 0 Å². The summed E-state index contributed by atoms with van der Waals surface area (Å²) in [5.74, 6) is 0. The smallest absolute Gasteiger partial charge is 0.00826 e. The van der Waals surface area contributed by atoms with Crippen LogP contribution in [0.2, 0.25) is 0 Å². The number of hydrogen-bond donors (Lipinski definition) is 0. The first-order valence-electron chi connectivity index (χ1n) is 4.04. The lowest BCUT2D eigenvalue weighted by molar-refractivity contribution is 0.720. The Hall–Kier alpha value is 0.780. The minimum Gasteiger partial charge on any atom is -0.137 e. The van der Waals surface area contributed by atoms with Crippen molar-refractivity contribution in [1.82, 2.24) is 0 Å².